The topological polar surface area (TPSA) is 69.9 Å². The van der Waals surface area contributed by atoms with Gasteiger partial charge in [0.15, 0.2) is 0 Å². The average molecular weight is 355 g/mol. The summed E-state index contributed by atoms with van der Waals surface area (Å²) in [5.41, 5.74) is 2.24. The molecular weight excluding hydrogens is 330 g/mol. The first-order chi connectivity index (χ1) is 12.5. The standard InChI is InChI=1S/C20H25N3O3/c1-16(17-6-8-19(9-7-17)23(25)26)22-14-12-21(13-15-22)11-10-18-4-2-3-5-20(18)24/h2-9,16,24H,10-15H2,1H3. The SMILES string of the molecule is CC(c1ccc([N+](=O)[O-])cc1)N1CCN(CCc2ccccc2O)CC1. The summed E-state index contributed by atoms with van der Waals surface area (Å²) in [5, 5.41) is 20.6. The van der Waals surface area contributed by atoms with Crippen molar-refractivity contribution in [3.8, 4) is 5.75 Å². The van der Waals surface area contributed by atoms with Gasteiger partial charge in [0.2, 0.25) is 0 Å². The maximum atomic E-state index is 10.8. The number of nitro groups is 1. The molecule has 0 radical (unpaired) electrons. The quantitative estimate of drug-likeness (QED) is 0.636. The molecule has 0 amide bonds. The third-order valence-electron chi connectivity index (χ3n) is 5.23. The van der Waals surface area contributed by atoms with E-state index in [1.165, 1.54) is 0 Å². The normalized spacial score (nSPS) is 17.1. The molecule has 0 saturated carbocycles. The van der Waals surface area contributed by atoms with Crippen molar-refractivity contribution in [2.75, 3.05) is 32.7 Å². The Hall–Kier alpha value is -2.44. The fourth-order valence-electron chi connectivity index (χ4n) is 3.46. The van der Waals surface area contributed by atoms with E-state index >= 15 is 0 Å². The van der Waals surface area contributed by atoms with Crippen molar-refractivity contribution < 1.29 is 10.0 Å². The van der Waals surface area contributed by atoms with E-state index in [0.29, 0.717) is 5.75 Å². The molecule has 1 aliphatic rings. The lowest BCUT2D eigenvalue weighted by Crippen LogP contribution is -2.47. The lowest BCUT2D eigenvalue weighted by molar-refractivity contribution is -0.384. The fraction of sp³-hybridized carbons (Fsp3) is 0.400. The van der Waals surface area contributed by atoms with Crippen molar-refractivity contribution in [1.29, 1.82) is 0 Å². The predicted molar refractivity (Wildman–Crippen MR) is 101 cm³/mol. The molecule has 0 aliphatic carbocycles. The second kappa shape index (κ2) is 8.29. The van der Waals surface area contributed by atoms with Gasteiger partial charge in [0.1, 0.15) is 5.75 Å². The van der Waals surface area contributed by atoms with Crippen molar-refractivity contribution in [1.82, 2.24) is 9.80 Å². The summed E-state index contributed by atoms with van der Waals surface area (Å²) >= 11 is 0. The smallest absolute Gasteiger partial charge is 0.269 e. The third-order valence-corrected chi connectivity index (χ3v) is 5.23. The summed E-state index contributed by atoms with van der Waals surface area (Å²) in [6.45, 7) is 7.02. The number of aromatic hydroxyl groups is 1. The van der Waals surface area contributed by atoms with Crippen LogP contribution in [-0.2, 0) is 6.42 Å². The van der Waals surface area contributed by atoms with Gasteiger partial charge >= 0.3 is 0 Å². The van der Waals surface area contributed by atoms with Crippen LogP contribution in [-0.4, -0.2) is 52.6 Å². The summed E-state index contributed by atoms with van der Waals surface area (Å²) in [6.07, 6.45) is 0.852. The van der Waals surface area contributed by atoms with E-state index in [0.717, 1.165) is 50.3 Å². The number of rotatable bonds is 6. The minimum Gasteiger partial charge on any atom is -0.508 e. The van der Waals surface area contributed by atoms with Crippen LogP contribution in [0, 0.1) is 10.1 Å². The molecule has 1 fully saturated rings. The Morgan fingerprint density at radius 1 is 1.08 bits per heavy atom. The molecule has 1 unspecified atom stereocenters. The Labute approximate surface area is 153 Å². The van der Waals surface area contributed by atoms with E-state index in [9.17, 15) is 15.2 Å². The molecule has 1 atom stereocenters. The van der Waals surface area contributed by atoms with E-state index in [2.05, 4.69) is 16.7 Å². The molecule has 1 aliphatic heterocycles. The molecule has 6 nitrogen and oxygen atoms in total. The van der Waals surface area contributed by atoms with E-state index in [1.807, 2.05) is 30.3 Å². The molecule has 0 aromatic heterocycles. The first-order valence-corrected chi connectivity index (χ1v) is 9.02. The Kier molecular flexibility index (Phi) is 5.85. The number of piperazine rings is 1. The van der Waals surface area contributed by atoms with Crippen molar-refractivity contribution in [2.24, 2.45) is 0 Å². The molecule has 2 aromatic rings. The van der Waals surface area contributed by atoms with Gasteiger partial charge in [-0.25, -0.2) is 0 Å². The molecule has 2 aromatic carbocycles. The second-order valence-electron chi connectivity index (χ2n) is 6.78. The van der Waals surface area contributed by atoms with Gasteiger partial charge in [-0.2, -0.15) is 0 Å². The van der Waals surface area contributed by atoms with Gasteiger partial charge < -0.3 is 10.0 Å². The van der Waals surface area contributed by atoms with E-state index in [-0.39, 0.29) is 16.7 Å². The number of hydrogen-bond acceptors (Lipinski definition) is 5. The highest BCUT2D eigenvalue weighted by Gasteiger charge is 2.22. The Morgan fingerprint density at radius 3 is 2.35 bits per heavy atom. The Morgan fingerprint density at radius 2 is 1.73 bits per heavy atom. The van der Waals surface area contributed by atoms with Crippen LogP contribution in [0.2, 0.25) is 0 Å². The van der Waals surface area contributed by atoms with Crippen LogP contribution in [0.5, 0.6) is 5.75 Å². The van der Waals surface area contributed by atoms with Crippen LogP contribution in [0.15, 0.2) is 48.5 Å². The molecule has 3 rings (SSSR count). The van der Waals surface area contributed by atoms with Crippen molar-refractivity contribution in [3.05, 3.63) is 69.8 Å². The third kappa shape index (κ3) is 4.39. The molecule has 1 N–H and O–H groups in total. The monoisotopic (exact) mass is 355 g/mol. The van der Waals surface area contributed by atoms with Crippen LogP contribution in [0.4, 0.5) is 5.69 Å². The van der Waals surface area contributed by atoms with Gasteiger partial charge in [-0.1, -0.05) is 30.3 Å². The van der Waals surface area contributed by atoms with Crippen LogP contribution >= 0.6 is 0 Å². The summed E-state index contributed by atoms with van der Waals surface area (Å²) in [6, 6.07) is 14.6. The molecule has 1 saturated heterocycles. The van der Waals surface area contributed by atoms with E-state index in [1.54, 1.807) is 18.2 Å². The summed E-state index contributed by atoms with van der Waals surface area (Å²) in [7, 11) is 0. The lowest BCUT2D eigenvalue weighted by atomic mass is 10.1. The van der Waals surface area contributed by atoms with Gasteiger partial charge in [-0.15, -0.1) is 0 Å². The van der Waals surface area contributed by atoms with Crippen LogP contribution < -0.4 is 0 Å². The van der Waals surface area contributed by atoms with Gasteiger partial charge in [0.25, 0.3) is 5.69 Å². The average Bonchev–Trinajstić information content (AvgIpc) is 2.67. The maximum absolute atomic E-state index is 10.8. The first-order valence-electron chi connectivity index (χ1n) is 9.02. The van der Waals surface area contributed by atoms with Crippen molar-refractivity contribution >= 4 is 5.69 Å². The first kappa shape index (κ1) is 18.4. The number of hydrogen-bond donors (Lipinski definition) is 1. The molecule has 26 heavy (non-hydrogen) atoms. The molecule has 1 heterocycles. The number of non-ortho nitro benzene ring substituents is 1. The molecule has 6 heteroatoms. The van der Waals surface area contributed by atoms with Gasteiger partial charge in [-0.05, 0) is 30.5 Å². The van der Waals surface area contributed by atoms with Crippen LogP contribution in [0.25, 0.3) is 0 Å². The van der Waals surface area contributed by atoms with E-state index in [4.69, 9.17) is 0 Å². The summed E-state index contributed by atoms with van der Waals surface area (Å²) in [5.74, 6) is 0.373. The molecule has 0 bridgehead atoms. The van der Waals surface area contributed by atoms with Crippen LogP contribution in [0.3, 0.4) is 0 Å². The van der Waals surface area contributed by atoms with Gasteiger partial charge in [-0.3, -0.25) is 15.0 Å². The van der Waals surface area contributed by atoms with Crippen molar-refractivity contribution in [3.63, 3.8) is 0 Å². The zero-order valence-corrected chi connectivity index (χ0v) is 15.0. The lowest BCUT2D eigenvalue weighted by Gasteiger charge is -2.38. The number of benzene rings is 2. The summed E-state index contributed by atoms with van der Waals surface area (Å²) < 4.78 is 0. The zero-order valence-electron chi connectivity index (χ0n) is 15.0. The minimum absolute atomic E-state index is 0.134. The second-order valence-corrected chi connectivity index (χ2v) is 6.78. The molecular formula is C20H25N3O3. The Balaban J connectivity index is 1.50. The highest BCUT2D eigenvalue weighted by atomic mass is 16.6. The number of para-hydroxylation sites is 1. The van der Waals surface area contributed by atoms with E-state index < -0.39 is 0 Å². The highest BCUT2D eigenvalue weighted by molar-refractivity contribution is 5.34. The van der Waals surface area contributed by atoms with Gasteiger partial charge in [0.05, 0.1) is 4.92 Å². The molecule has 138 valence electrons. The van der Waals surface area contributed by atoms with Crippen molar-refractivity contribution in [2.45, 2.75) is 19.4 Å². The fourth-order valence-corrected chi connectivity index (χ4v) is 3.46. The van der Waals surface area contributed by atoms with Gasteiger partial charge in [0, 0.05) is 50.9 Å². The number of phenolic OH excluding ortho intramolecular Hbond substituents is 1. The maximum Gasteiger partial charge on any atom is 0.269 e. The largest absolute Gasteiger partial charge is 0.508 e. The van der Waals surface area contributed by atoms with Crippen LogP contribution in [0.1, 0.15) is 24.1 Å². The summed E-state index contributed by atoms with van der Waals surface area (Å²) in [4.78, 5) is 15.3. The number of phenols is 1. The Bertz CT molecular complexity index is 740. The minimum atomic E-state index is -0.363. The highest BCUT2D eigenvalue weighted by Crippen LogP contribution is 2.24. The zero-order chi connectivity index (χ0) is 18.5. The number of nitro benzene ring substituents is 1. The molecule has 0 spiro atoms. The predicted octanol–water partition coefficient (Wildman–Crippen LogP) is 3.22. The number of nitrogens with zero attached hydrogens (tertiary/aromatic N) is 3.